The molecule has 1 amide bonds. The molecule has 10 heteroatoms. The molecule has 35 heavy (non-hydrogen) atoms. The number of amides is 1. The number of esters is 1. The molecule has 10 nitrogen and oxygen atoms in total. The number of morpholine rings is 1. The van der Waals surface area contributed by atoms with Crippen LogP contribution in [0.1, 0.15) is 23.1 Å². The Kier molecular flexibility index (Phi) is 4.90. The Bertz CT molecular complexity index is 1460. The third-order valence-electron chi connectivity index (χ3n) is 7.01. The third-order valence-corrected chi connectivity index (χ3v) is 7.01. The minimum Gasteiger partial charge on any atom is -0.496 e. The lowest BCUT2D eigenvalue weighted by Gasteiger charge is -2.34. The molecule has 0 radical (unpaired) electrons. The maximum Gasteiger partial charge on any atom is 0.343 e. The highest BCUT2D eigenvalue weighted by atomic mass is 16.6. The summed E-state index contributed by atoms with van der Waals surface area (Å²) in [6.07, 6.45) is -0.525. The molecular formula is C25H23N3O7. The predicted octanol–water partition coefficient (Wildman–Crippen LogP) is 0.927. The summed E-state index contributed by atoms with van der Waals surface area (Å²) in [5.74, 6) is -0.734. The topological polar surface area (TPSA) is 120 Å². The zero-order valence-electron chi connectivity index (χ0n) is 19.1. The number of carbonyl (C=O) groups is 2. The highest BCUT2D eigenvalue weighted by Crippen LogP contribution is 2.42. The maximum absolute atomic E-state index is 13.5. The zero-order valence-corrected chi connectivity index (χ0v) is 19.1. The van der Waals surface area contributed by atoms with Crippen LogP contribution in [0.15, 0.2) is 35.1 Å². The van der Waals surface area contributed by atoms with E-state index in [-0.39, 0.29) is 24.3 Å². The number of aliphatic hydroxyl groups is 1. The number of carbonyl (C=O) groups excluding carboxylic acids is 2. The van der Waals surface area contributed by atoms with E-state index in [0.29, 0.717) is 49.0 Å². The molecule has 6 rings (SSSR count). The van der Waals surface area contributed by atoms with Crippen molar-refractivity contribution in [3.8, 4) is 17.1 Å². The van der Waals surface area contributed by atoms with Gasteiger partial charge in [-0.2, -0.15) is 0 Å². The Labute approximate surface area is 199 Å². The van der Waals surface area contributed by atoms with E-state index >= 15 is 0 Å². The third kappa shape index (κ3) is 3.17. The molecule has 0 bridgehead atoms. The minimum absolute atomic E-state index is 0.0911. The van der Waals surface area contributed by atoms with Crippen molar-refractivity contribution in [2.24, 2.45) is 0 Å². The van der Waals surface area contributed by atoms with Crippen LogP contribution in [-0.2, 0) is 37.8 Å². The first kappa shape index (κ1) is 21.8. The number of fused-ring (bicyclic) bond motifs is 5. The van der Waals surface area contributed by atoms with Crippen LogP contribution in [0.4, 0.5) is 0 Å². The van der Waals surface area contributed by atoms with E-state index in [1.54, 1.807) is 17.7 Å². The molecule has 2 aromatic heterocycles. The van der Waals surface area contributed by atoms with Crippen LogP contribution < -0.4 is 10.3 Å². The van der Waals surface area contributed by atoms with Gasteiger partial charge in [0.1, 0.15) is 12.4 Å². The normalized spacial score (nSPS) is 20.7. The quantitative estimate of drug-likeness (QED) is 0.433. The van der Waals surface area contributed by atoms with Gasteiger partial charge in [-0.25, -0.2) is 9.78 Å². The Hall–Kier alpha value is -3.76. The lowest BCUT2D eigenvalue weighted by Crippen LogP contribution is -2.49. The molecule has 1 N–H and O–H groups in total. The van der Waals surface area contributed by atoms with Crippen molar-refractivity contribution < 1.29 is 28.9 Å². The highest BCUT2D eigenvalue weighted by Gasteiger charge is 2.49. The molecule has 1 aromatic carbocycles. The average molecular weight is 477 g/mol. The molecule has 3 aliphatic heterocycles. The molecule has 1 atom stereocenters. The zero-order chi connectivity index (χ0) is 24.3. The first-order chi connectivity index (χ1) is 16.9. The predicted molar refractivity (Wildman–Crippen MR) is 123 cm³/mol. The van der Waals surface area contributed by atoms with Crippen LogP contribution in [0.5, 0.6) is 5.75 Å². The molecule has 3 aliphatic rings. The van der Waals surface area contributed by atoms with Crippen LogP contribution in [-0.4, -0.2) is 64.8 Å². The SMILES string of the molecule is COc1c2c(nc3ccccc13)-c1cc3c(c(=O)n1C2)COC(=O)[C@]3(O)CC(=O)N1CCOCC1. The summed E-state index contributed by atoms with van der Waals surface area (Å²) >= 11 is 0. The second-order valence-corrected chi connectivity index (χ2v) is 8.91. The Morgan fingerprint density at radius 1 is 1.20 bits per heavy atom. The molecule has 3 aromatic rings. The lowest BCUT2D eigenvalue weighted by atomic mass is 9.85. The fraction of sp³-hybridized carbons (Fsp3) is 0.360. The van der Waals surface area contributed by atoms with Gasteiger partial charge in [0.25, 0.3) is 5.56 Å². The second kappa shape index (κ2) is 7.89. The number of cyclic esters (lactones) is 1. The molecule has 0 spiro atoms. The number of nitrogens with zero attached hydrogens (tertiary/aromatic N) is 3. The molecule has 5 heterocycles. The van der Waals surface area contributed by atoms with E-state index in [1.807, 2.05) is 24.3 Å². The highest BCUT2D eigenvalue weighted by molar-refractivity contribution is 5.93. The summed E-state index contributed by atoms with van der Waals surface area (Å²) in [5, 5.41) is 12.3. The summed E-state index contributed by atoms with van der Waals surface area (Å²) < 4.78 is 17.7. The van der Waals surface area contributed by atoms with E-state index < -0.39 is 29.5 Å². The lowest BCUT2D eigenvalue weighted by molar-refractivity contribution is -0.176. The van der Waals surface area contributed by atoms with Gasteiger partial charge >= 0.3 is 5.97 Å². The van der Waals surface area contributed by atoms with Crippen LogP contribution in [0.3, 0.4) is 0 Å². The molecule has 0 saturated carbocycles. The van der Waals surface area contributed by atoms with Crippen LogP contribution in [0, 0.1) is 0 Å². The summed E-state index contributed by atoms with van der Waals surface area (Å²) in [4.78, 5) is 45.6. The number of ether oxygens (including phenoxy) is 3. The number of para-hydroxylation sites is 1. The smallest absolute Gasteiger partial charge is 0.343 e. The fourth-order valence-corrected chi connectivity index (χ4v) is 5.20. The summed E-state index contributed by atoms with van der Waals surface area (Å²) in [6, 6.07) is 9.10. The average Bonchev–Trinajstić information content (AvgIpc) is 3.24. The van der Waals surface area contributed by atoms with Gasteiger partial charge in [0, 0.05) is 29.6 Å². The van der Waals surface area contributed by atoms with Crippen molar-refractivity contribution in [1.82, 2.24) is 14.5 Å². The Balaban J connectivity index is 1.50. The van der Waals surface area contributed by atoms with Crippen LogP contribution >= 0.6 is 0 Å². The van der Waals surface area contributed by atoms with E-state index in [1.165, 1.54) is 4.90 Å². The molecule has 180 valence electrons. The number of methoxy groups -OCH3 is 1. The Morgan fingerprint density at radius 2 is 1.97 bits per heavy atom. The fourth-order valence-electron chi connectivity index (χ4n) is 5.20. The molecule has 1 fully saturated rings. The van der Waals surface area contributed by atoms with Crippen LogP contribution in [0.25, 0.3) is 22.3 Å². The Morgan fingerprint density at radius 3 is 2.74 bits per heavy atom. The largest absolute Gasteiger partial charge is 0.496 e. The summed E-state index contributed by atoms with van der Waals surface area (Å²) in [5.41, 5.74) is 0.00825. The number of rotatable bonds is 3. The number of benzene rings is 1. The number of hydrogen-bond acceptors (Lipinski definition) is 8. The maximum atomic E-state index is 13.5. The van der Waals surface area contributed by atoms with Crippen molar-refractivity contribution in [2.45, 2.75) is 25.2 Å². The van der Waals surface area contributed by atoms with Gasteiger partial charge in [-0.05, 0) is 18.2 Å². The second-order valence-electron chi connectivity index (χ2n) is 8.91. The number of hydrogen-bond donors (Lipinski definition) is 1. The van der Waals surface area contributed by atoms with Gasteiger partial charge in [-0.1, -0.05) is 12.1 Å². The van der Waals surface area contributed by atoms with Crippen molar-refractivity contribution in [1.29, 1.82) is 0 Å². The molecular weight excluding hydrogens is 454 g/mol. The standard InChI is InChI=1S/C25H23N3O7/c1-33-22-14-4-2-3-5-18(14)26-21-15(22)12-28-19(21)10-17-16(23(28)30)13-35-24(31)25(17,32)11-20(29)27-6-8-34-9-7-27/h2-5,10,32H,6-9,11-13H2,1H3/t25-/m0/s1. The van der Waals surface area contributed by atoms with Gasteiger partial charge in [0.05, 0.1) is 55.8 Å². The molecule has 0 unspecified atom stereocenters. The molecule has 1 saturated heterocycles. The molecule has 0 aliphatic carbocycles. The van der Waals surface area contributed by atoms with Crippen LogP contribution in [0.2, 0.25) is 0 Å². The van der Waals surface area contributed by atoms with E-state index in [4.69, 9.17) is 19.2 Å². The first-order valence-electron chi connectivity index (χ1n) is 11.4. The van der Waals surface area contributed by atoms with Gasteiger partial charge < -0.3 is 28.8 Å². The van der Waals surface area contributed by atoms with Crippen molar-refractivity contribution in [3.05, 3.63) is 57.4 Å². The summed E-state index contributed by atoms with van der Waals surface area (Å²) in [7, 11) is 1.57. The summed E-state index contributed by atoms with van der Waals surface area (Å²) in [6.45, 7) is 1.47. The number of pyridine rings is 2. The van der Waals surface area contributed by atoms with E-state index in [2.05, 4.69) is 0 Å². The van der Waals surface area contributed by atoms with Gasteiger partial charge in [0.2, 0.25) is 5.91 Å². The first-order valence-corrected chi connectivity index (χ1v) is 11.4. The van der Waals surface area contributed by atoms with E-state index in [9.17, 15) is 19.5 Å². The van der Waals surface area contributed by atoms with Gasteiger partial charge in [-0.3, -0.25) is 9.59 Å². The van der Waals surface area contributed by atoms with Gasteiger partial charge in [0.15, 0.2) is 5.60 Å². The monoisotopic (exact) mass is 477 g/mol. The van der Waals surface area contributed by atoms with Crippen molar-refractivity contribution in [3.63, 3.8) is 0 Å². The van der Waals surface area contributed by atoms with Crippen molar-refractivity contribution in [2.75, 3.05) is 33.4 Å². The van der Waals surface area contributed by atoms with E-state index in [0.717, 1.165) is 10.9 Å². The van der Waals surface area contributed by atoms with Gasteiger partial charge in [-0.15, -0.1) is 0 Å². The minimum atomic E-state index is -2.28. The number of aromatic nitrogens is 2. The van der Waals surface area contributed by atoms with Crippen molar-refractivity contribution >= 4 is 22.8 Å².